The first-order valence-corrected chi connectivity index (χ1v) is 9.21. The number of amides is 2. The molecular formula is C19H21F3N2O3. The predicted molar refractivity (Wildman–Crippen MR) is 90.4 cm³/mol. The zero-order valence-electron chi connectivity index (χ0n) is 14.6. The van der Waals surface area contributed by atoms with E-state index in [1.165, 1.54) is 17.0 Å². The summed E-state index contributed by atoms with van der Waals surface area (Å²) in [5, 5.41) is 11.9. The van der Waals surface area contributed by atoms with E-state index in [1.807, 2.05) is 0 Å². The number of carbonyl (C=O) groups is 2. The fourth-order valence-electron chi connectivity index (χ4n) is 3.79. The van der Waals surface area contributed by atoms with Crippen LogP contribution < -0.4 is 5.32 Å². The highest BCUT2D eigenvalue weighted by molar-refractivity contribution is 5.95. The van der Waals surface area contributed by atoms with E-state index in [2.05, 4.69) is 5.32 Å². The lowest BCUT2D eigenvalue weighted by atomic mass is 9.88. The molecule has 0 radical (unpaired) electrons. The van der Waals surface area contributed by atoms with Gasteiger partial charge in [-0.25, -0.2) is 18.0 Å². The monoisotopic (exact) mass is 382 g/mol. The number of alkyl halides is 2. The van der Waals surface area contributed by atoms with Crippen molar-refractivity contribution in [2.75, 3.05) is 6.54 Å². The van der Waals surface area contributed by atoms with Crippen LogP contribution in [0.25, 0.3) is 0 Å². The lowest BCUT2D eigenvalue weighted by Gasteiger charge is -2.35. The Bertz CT molecular complexity index is 773. The molecule has 2 amide bonds. The first-order chi connectivity index (χ1) is 12.7. The zero-order valence-corrected chi connectivity index (χ0v) is 14.6. The molecule has 0 spiro atoms. The van der Waals surface area contributed by atoms with Gasteiger partial charge in [0.1, 0.15) is 5.82 Å². The van der Waals surface area contributed by atoms with Crippen molar-refractivity contribution in [2.24, 2.45) is 5.92 Å². The van der Waals surface area contributed by atoms with Gasteiger partial charge in [-0.3, -0.25) is 4.79 Å². The standard InChI is InChI=1S/C19H21F3N2O3/c20-15-4-3-11(5-14(15)17(25)23-12-7-19(21,22)8-12)13-6-16(13)24(18(26)27)9-10-1-2-10/h3-5,10,12-13,16H,1-2,6-9H2,(H,23,25)(H,26,27). The van der Waals surface area contributed by atoms with Crippen LogP contribution in [0.2, 0.25) is 0 Å². The molecule has 3 fully saturated rings. The van der Waals surface area contributed by atoms with E-state index in [-0.39, 0.29) is 17.5 Å². The van der Waals surface area contributed by atoms with Crippen LogP contribution in [0.3, 0.4) is 0 Å². The Balaban J connectivity index is 1.43. The molecule has 2 unspecified atom stereocenters. The van der Waals surface area contributed by atoms with E-state index in [0.29, 0.717) is 24.4 Å². The van der Waals surface area contributed by atoms with Crippen LogP contribution in [0.1, 0.15) is 53.9 Å². The predicted octanol–water partition coefficient (Wildman–Crippen LogP) is 3.60. The molecule has 8 heteroatoms. The lowest BCUT2D eigenvalue weighted by Crippen LogP contribution is -2.50. The molecule has 0 heterocycles. The van der Waals surface area contributed by atoms with Crippen LogP contribution in [0.15, 0.2) is 18.2 Å². The topological polar surface area (TPSA) is 69.6 Å². The van der Waals surface area contributed by atoms with Crippen molar-refractivity contribution in [1.29, 1.82) is 0 Å². The minimum atomic E-state index is -2.76. The molecule has 1 aromatic rings. The largest absolute Gasteiger partial charge is 0.465 e. The van der Waals surface area contributed by atoms with E-state index >= 15 is 0 Å². The summed E-state index contributed by atoms with van der Waals surface area (Å²) < 4.78 is 39.9. The van der Waals surface area contributed by atoms with Gasteiger partial charge >= 0.3 is 6.09 Å². The van der Waals surface area contributed by atoms with Gasteiger partial charge < -0.3 is 15.3 Å². The van der Waals surface area contributed by atoms with Crippen molar-refractivity contribution in [1.82, 2.24) is 10.2 Å². The fourth-order valence-corrected chi connectivity index (χ4v) is 3.79. The van der Waals surface area contributed by atoms with Gasteiger partial charge in [-0.1, -0.05) is 6.07 Å². The van der Waals surface area contributed by atoms with Crippen molar-refractivity contribution in [3.63, 3.8) is 0 Å². The SMILES string of the molecule is O=C(NC1CC(F)(F)C1)c1cc(C2CC2N(CC2CC2)C(=O)O)ccc1F. The number of halogens is 3. The second-order valence-corrected chi connectivity index (χ2v) is 7.96. The van der Waals surface area contributed by atoms with Gasteiger partial charge in [0.15, 0.2) is 0 Å². The van der Waals surface area contributed by atoms with Gasteiger partial charge in [0, 0.05) is 37.4 Å². The third-order valence-corrected chi connectivity index (χ3v) is 5.64. The smallest absolute Gasteiger partial charge is 0.407 e. The number of carbonyl (C=O) groups excluding carboxylic acids is 1. The maximum absolute atomic E-state index is 14.1. The highest BCUT2D eigenvalue weighted by Crippen LogP contribution is 2.46. The van der Waals surface area contributed by atoms with Crippen LogP contribution >= 0.6 is 0 Å². The first-order valence-electron chi connectivity index (χ1n) is 9.21. The normalized spacial score (nSPS) is 26.2. The summed E-state index contributed by atoms with van der Waals surface area (Å²) in [6, 6.07) is 3.36. The van der Waals surface area contributed by atoms with Gasteiger partial charge in [0.05, 0.1) is 5.56 Å². The number of carboxylic acid groups (broad SMARTS) is 1. The third-order valence-electron chi connectivity index (χ3n) is 5.64. The molecule has 3 aliphatic rings. The Labute approximate surface area is 154 Å². The Morgan fingerprint density at radius 3 is 2.56 bits per heavy atom. The van der Waals surface area contributed by atoms with Gasteiger partial charge in [-0.2, -0.15) is 0 Å². The fraction of sp³-hybridized carbons (Fsp3) is 0.579. The molecule has 0 aliphatic heterocycles. The average molecular weight is 382 g/mol. The molecule has 4 rings (SSSR count). The molecule has 0 aromatic heterocycles. The number of hydrogen-bond donors (Lipinski definition) is 2. The van der Waals surface area contributed by atoms with Crippen LogP contribution in [0.5, 0.6) is 0 Å². The molecule has 27 heavy (non-hydrogen) atoms. The molecule has 0 bridgehead atoms. The van der Waals surface area contributed by atoms with Gasteiger partial charge in [0.25, 0.3) is 11.8 Å². The molecule has 5 nitrogen and oxygen atoms in total. The number of hydrogen-bond acceptors (Lipinski definition) is 2. The molecule has 0 saturated heterocycles. The van der Waals surface area contributed by atoms with E-state index in [4.69, 9.17) is 0 Å². The van der Waals surface area contributed by atoms with Crippen LogP contribution in [0.4, 0.5) is 18.0 Å². The molecular weight excluding hydrogens is 361 g/mol. The number of rotatable bonds is 6. The van der Waals surface area contributed by atoms with Gasteiger partial charge in [0.2, 0.25) is 0 Å². The average Bonchev–Trinajstić information content (AvgIpc) is 3.45. The van der Waals surface area contributed by atoms with Crippen LogP contribution in [-0.4, -0.2) is 46.6 Å². The van der Waals surface area contributed by atoms with Crippen molar-refractivity contribution in [3.05, 3.63) is 35.1 Å². The summed E-state index contributed by atoms with van der Waals surface area (Å²) in [6.45, 7) is 0.515. The van der Waals surface area contributed by atoms with E-state index < -0.39 is 42.6 Å². The van der Waals surface area contributed by atoms with Crippen LogP contribution in [-0.2, 0) is 0 Å². The van der Waals surface area contributed by atoms with E-state index in [0.717, 1.165) is 12.8 Å². The second kappa shape index (κ2) is 6.42. The Hall–Kier alpha value is -2.25. The third kappa shape index (κ3) is 3.89. The Morgan fingerprint density at radius 2 is 1.96 bits per heavy atom. The molecule has 3 saturated carbocycles. The minimum absolute atomic E-state index is 0.0694. The summed E-state index contributed by atoms with van der Waals surface area (Å²) >= 11 is 0. The number of benzene rings is 1. The summed E-state index contributed by atoms with van der Waals surface area (Å²) in [6.07, 6.45) is 0.907. The van der Waals surface area contributed by atoms with Crippen molar-refractivity contribution in [2.45, 2.75) is 56.0 Å². The molecule has 2 atom stereocenters. The highest BCUT2D eigenvalue weighted by atomic mass is 19.3. The first kappa shape index (κ1) is 18.1. The molecule has 2 N–H and O–H groups in total. The Morgan fingerprint density at radius 1 is 1.26 bits per heavy atom. The molecule has 1 aromatic carbocycles. The van der Waals surface area contributed by atoms with E-state index in [1.54, 1.807) is 6.07 Å². The zero-order chi connectivity index (χ0) is 19.3. The van der Waals surface area contributed by atoms with Gasteiger partial charge in [-0.15, -0.1) is 0 Å². The van der Waals surface area contributed by atoms with E-state index in [9.17, 15) is 27.9 Å². The summed E-state index contributed by atoms with van der Waals surface area (Å²) in [4.78, 5) is 25.2. The summed E-state index contributed by atoms with van der Waals surface area (Å²) in [5.74, 6) is -3.83. The quantitative estimate of drug-likeness (QED) is 0.790. The van der Waals surface area contributed by atoms with Crippen LogP contribution in [0, 0.1) is 11.7 Å². The van der Waals surface area contributed by atoms with Crippen molar-refractivity contribution >= 4 is 12.0 Å². The highest BCUT2D eigenvalue weighted by Gasteiger charge is 2.47. The summed E-state index contributed by atoms with van der Waals surface area (Å²) in [7, 11) is 0. The Kier molecular flexibility index (Phi) is 4.31. The molecule has 146 valence electrons. The second-order valence-electron chi connectivity index (χ2n) is 7.96. The summed E-state index contributed by atoms with van der Waals surface area (Å²) in [5.41, 5.74) is 0.518. The minimum Gasteiger partial charge on any atom is -0.465 e. The number of nitrogens with one attached hydrogen (secondary N) is 1. The maximum Gasteiger partial charge on any atom is 0.407 e. The van der Waals surface area contributed by atoms with Gasteiger partial charge in [-0.05, 0) is 42.9 Å². The maximum atomic E-state index is 14.1. The molecule has 3 aliphatic carbocycles. The van der Waals surface area contributed by atoms with Crippen molar-refractivity contribution in [3.8, 4) is 0 Å². The lowest BCUT2D eigenvalue weighted by molar-refractivity contribution is -0.0901. The van der Waals surface area contributed by atoms with Crippen molar-refractivity contribution < 1.29 is 27.9 Å². The number of nitrogens with zero attached hydrogens (tertiary/aromatic N) is 1.